The second-order valence-corrected chi connectivity index (χ2v) is 6.52. The molecule has 2 aromatic rings. The van der Waals surface area contributed by atoms with Crippen molar-refractivity contribution in [3.63, 3.8) is 0 Å². The lowest BCUT2D eigenvalue weighted by molar-refractivity contribution is -0.116. The minimum Gasteiger partial charge on any atom is -0.457 e. The van der Waals surface area contributed by atoms with Crippen LogP contribution in [-0.4, -0.2) is 23.0 Å². The van der Waals surface area contributed by atoms with Gasteiger partial charge in [-0.25, -0.2) is 0 Å². The van der Waals surface area contributed by atoms with E-state index in [0.29, 0.717) is 32.5 Å². The van der Waals surface area contributed by atoms with Crippen molar-refractivity contribution in [1.29, 1.82) is 0 Å². The zero-order valence-electron chi connectivity index (χ0n) is 12.2. The van der Waals surface area contributed by atoms with E-state index < -0.39 is 0 Å². The number of hydrogen-bond donors (Lipinski definition) is 1. The van der Waals surface area contributed by atoms with Gasteiger partial charge in [0.2, 0.25) is 5.91 Å². The number of amidine groups is 1. The van der Waals surface area contributed by atoms with Crippen molar-refractivity contribution in [3.05, 3.63) is 58.1 Å². The monoisotopic (exact) mass is 379 g/mol. The zero-order chi connectivity index (χ0) is 16.9. The molecule has 1 heterocycles. The summed E-state index contributed by atoms with van der Waals surface area (Å²) in [5, 5.41) is 11.9. The number of thioether (sulfide) groups is 1. The van der Waals surface area contributed by atoms with Gasteiger partial charge in [0.15, 0.2) is 5.17 Å². The molecule has 122 valence electrons. The first-order valence-corrected chi connectivity index (χ1v) is 8.61. The van der Waals surface area contributed by atoms with Gasteiger partial charge in [-0.3, -0.25) is 4.79 Å². The van der Waals surface area contributed by atoms with Crippen molar-refractivity contribution in [3.8, 4) is 11.5 Å². The van der Waals surface area contributed by atoms with E-state index in [9.17, 15) is 4.79 Å². The molecule has 0 unspecified atom stereocenters. The van der Waals surface area contributed by atoms with Crippen molar-refractivity contribution in [2.24, 2.45) is 10.2 Å². The number of nitrogens with zero attached hydrogens (tertiary/aromatic N) is 2. The summed E-state index contributed by atoms with van der Waals surface area (Å²) in [5.74, 6) is 1.53. The Morgan fingerprint density at radius 3 is 2.71 bits per heavy atom. The Kier molecular flexibility index (Phi) is 5.40. The fourth-order valence-corrected chi connectivity index (χ4v) is 2.78. The lowest BCUT2D eigenvalue weighted by Crippen LogP contribution is -2.19. The molecule has 8 heteroatoms. The summed E-state index contributed by atoms with van der Waals surface area (Å²) in [5.41, 5.74) is 0.811. The highest BCUT2D eigenvalue weighted by atomic mass is 35.5. The number of hydrogen-bond acceptors (Lipinski definition) is 5. The van der Waals surface area contributed by atoms with Crippen LogP contribution in [0.1, 0.15) is 5.56 Å². The largest absolute Gasteiger partial charge is 0.457 e. The average molecular weight is 380 g/mol. The van der Waals surface area contributed by atoms with Crippen LogP contribution < -0.4 is 10.1 Å². The Morgan fingerprint density at radius 1 is 1.12 bits per heavy atom. The minimum absolute atomic E-state index is 0.0639. The summed E-state index contributed by atoms with van der Waals surface area (Å²) in [6.07, 6.45) is 1.58. The Hall–Kier alpha value is -2.02. The number of amides is 1. The van der Waals surface area contributed by atoms with Crippen LogP contribution >= 0.6 is 35.0 Å². The predicted octanol–water partition coefficient (Wildman–Crippen LogP) is 4.34. The van der Waals surface area contributed by atoms with Crippen molar-refractivity contribution >= 4 is 52.3 Å². The molecule has 2 aromatic carbocycles. The number of carbonyl (C=O) groups is 1. The third-order valence-corrected chi connectivity index (χ3v) is 4.53. The quantitative estimate of drug-likeness (QED) is 0.634. The van der Waals surface area contributed by atoms with Crippen LogP contribution in [0.3, 0.4) is 0 Å². The third-order valence-electron chi connectivity index (χ3n) is 2.93. The first-order chi connectivity index (χ1) is 11.6. The summed E-state index contributed by atoms with van der Waals surface area (Å²) < 4.78 is 5.75. The highest BCUT2D eigenvalue weighted by molar-refractivity contribution is 8.15. The molecule has 5 nitrogen and oxygen atoms in total. The molecule has 0 saturated carbocycles. The molecule has 1 aliphatic heterocycles. The van der Waals surface area contributed by atoms with Gasteiger partial charge >= 0.3 is 0 Å². The minimum atomic E-state index is -0.0639. The van der Waals surface area contributed by atoms with Crippen molar-refractivity contribution in [2.45, 2.75) is 0 Å². The normalized spacial score (nSPS) is 15.9. The molecule has 0 spiro atoms. The second-order valence-electron chi connectivity index (χ2n) is 4.74. The van der Waals surface area contributed by atoms with Gasteiger partial charge in [0.25, 0.3) is 0 Å². The van der Waals surface area contributed by atoms with E-state index in [-0.39, 0.29) is 5.91 Å². The molecule has 24 heavy (non-hydrogen) atoms. The lowest BCUT2D eigenvalue weighted by atomic mass is 10.2. The van der Waals surface area contributed by atoms with Crippen LogP contribution in [0.2, 0.25) is 10.0 Å². The predicted molar refractivity (Wildman–Crippen MR) is 98.6 cm³/mol. The molecule has 0 bridgehead atoms. The molecule has 1 aliphatic rings. The first-order valence-electron chi connectivity index (χ1n) is 6.87. The van der Waals surface area contributed by atoms with E-state index in [1.807, 2.05) is 24.3 Å². The number of benzene rings is 2. The number of nitrogens with one attached hydrogen (secondary N) is 1. The Balaban J connectivity index is 1.69. The van der Waals surface area contributed by atoms with Gasteiger partial charge in [-0.1, -0.05) is 47.1 Å². The van der Waals surface area contributed by atoms with Crippen LogP contribution in [0.4, 0.5) is 0 Å². The van der Waals surface area contributed by atoms with E-state index in [2.05, 4.69) is 15.5 Å². The zero-order valence-corrected chi connectivity index (χ0v) is 14.5. The van der Waals surface area contributed by atoms with Crippen molar-refractivity contribution in [1.82, 2.24) is 5.32 Å². The van der Waals surface area contributed by atoms with Gasteiger partial charge in [-0.2, -0.15) is 5.10 Å². The molecular weight excluding hydrogens is 369 g/mol. The van der Waals surface area contributed by atoms with E-state index in [1.165, 1.54) is 11.8 Å². The molecule has 1 N–H and O–H groups in total. The van der Waals surface area contributed by atoms with Gasteiger partial charge in [0, 0.05) is 6.07 Å². The molecule has 1 fully saturated rings. The van der Waals surface area contributed by atoms with Gasteiger partial charge in [-0.05, 0) is 29.8 Å². The topological polar surface area (TPSA) is 63.0 Å². The molecule has 0 atom stereocenters. The van der Waals surface area contributed by atoms with Crippen LogP contribution in [0.15, 0.2) is 52.7 Å². The average Bonchev–Trinajstić information content (AvgIpc) is 2.97. The highest BCUT2D eigenvalue weighted by Gasteiger charge is 2.15. The number of halogens is 2. The van der Waals surface area contributed by atoms with Crippen molar-refractivity contribution in [2.75, 3.05) is 5.75 Å². The van der Waals surface area contributed by atoms with E-state index >= 15 is 0 Å². The lowest BCUT2D eigenvalue weighted by Gasteiger charge is -2.07. The molecule has 3 rings (SSSR count). The van der Waals surface area contributed by atoms with E-state index in [1.54, 1.807) is 24.4 Å². The summed E-state index contributed by atoms with van der Waals surface area (Å²) in [4.78, 5) is 11.1. The third kappa shape index (κ3) is 4.50. The van der Waals surface area contributed by atoms with E-state index in [4.69, 9.17) is 27.9 Å². The molecule has 1 saturated heterocycles. The van der Waals surface area contributed by atoms with E-state index in [0.717, 1.165) is 5.56 Å². The molecule has 0 aliphatic carbocycles. The highest BCUT2D eigenvalue weighted by Crippen LogP contribution is 2.29. The standard InChI is InChI=1S/C16H11Cl2N3O2S/c17-13-5-4-12(7-14(13)18)23-11-3-1-2-10(6-11)8-19-21-16-20-15(22)9-24-16/h1-8H,9H2,(H,20,21,22). The Bertz CT molecular complexity index is 840. The maximum absolute atomic E-state index is 11.1. The number of carbonyl (C=O) groups excluding carboxylic acids is 1. The second kappa shape index (κ2) is 7.70. The summed E-state index contributed by atoms with van der Waals surface area (Å²) in [7, 11) is 0. The Morgan fingerprint density at radius 2 is 1.96 bits per heavy atom. The molecule has 0 aromatic heterocycles. The van der Waals surface area contributed by atoms with Gasteiger partial charge in [0.1, 0.15) is 11.5 Å². The maximum Gasteiger partial charge on any atom is 0.236 e. The SMILES string of the molecule is O=C1CSC(=NN=Cc2cccc(Oc3ccc(Cl)c(Cl)c3)c2)N1. The molecule has 1 amide bonds. The Labute approximate surface area is 152 Å². The fraction of sp³-hybridized carbons (Fsp3) is 0.0625. The van der Waals surface area contributed by atoms with Crippen molar-refractivity contribution < 1.29 is 9.53 Å². The number of ether oxygens (including phenoxy) is 1. The summed E-state index contributed by atoms with van der Waals surface area (Å²) in [6.45, 7) is 0. The maximum atomic E-state index is 11.1. The number of rotatable bonds is 4. The van der Waals surface area contributed by atoms with Crippen LogP contribution in [0.5, 0.6) is 11.5 Å². The summed E-state index contributed by atoms with van der Waals surface area (Å²) >= 11 is 13.2. The van der Waals surface area contributed by atoms with Crippen LogP contribution in [0, 0.1) is 0 Å². The smallest absolute Gasteiger partial charge is 0.236 e. The van der Waals surface area contributed by atoms with Gasteiger partial charge < -0.3 is 10.1 Å². The summed E-state index contributed by atoms with van der Waals surface area (Å²) in [6, 6.07) is 12.4. The van der Waals surface area contributed by atoms with Gasteiger partial charge in [0.05, 0.1) is 22.0 Å². The molecule has 0 radical (unpaired) electrons. The van der Waals surface area contributed by atoms with Crippen LogP contribution in [0.25, 0.3) is 0 Å². The first kappa shape index (κ1) is 16.8. The van der Waals surface area contributed by atoms with Crippen LogP contribution in [-0.2, 0) is 4.79 Å². The molecular formula is C16H11Cl2N3O2S. The fourth-order valence-electron chi connectivity index (χ4n) is 1.86. The van der Waals surface area contributed by atoms with Gasteiger partial charge in [-0.15, -0.1) is 5.10 Å².